The number of hydrogen-bond donors (Lipinski definition) is 1. The molecule has 2 amide bonds. The van der Waals surface area contributed by atoms with E-state index in [0.29, 0.717) is 13.1 Å². The van der Waals surface area contributed by atoms with E-state index in [-0.39, 0.29) is 18.2 Å². The Morgan fingerprint density at radius 3 is 2.31 bits per heavy atom. The van der Waals surface area contributed by atoms with Crippen LogP contribution in [0.5, 0.6) is 0 Å². The quantitative estimate of drug-likeness (QED) is 0.830. The van der Waals surface area contributed by atoms with Crippen molar-refractivity contribution in [3.8, 4) is 0 Å². The lowest BCUT2D eigenvalue weighted by Gasteiger charge is -2.29. The van der Waals surface area contributed by atoms with Crippen LogP contribution in [0.15, 0.2) is 48.5 Å². The van der Waals surface area contributed by atoms with Crippen molar-refractivity contribution in [3.05, 3.63) is 70.8 Å². The highest BCUT2D eigenvalue weighted by Crippen LogP contribution is 2.14. The summed E-state index contributed by atoms with van der Waals surface area (Å²) in [5.74, 6) is -0.174. The summed E-state index contributed by atoms with van der Waals surface area (Å²) in [4.78, 5) is 27.0. The van der Waals surface area contributed by atoms with E-state index in [1.807, 2.05) is 69.3 Å². The molecular formula is C22H28N2O2. The minimum atomic E-state index is -0.520. The Bertz CT molecular complexity index is 753. The molecule has 2 aromatic rings. The molecule has 0 aliphatic heterocycles. The molecule has 4 heteroatoms. The monoisotopic (exact) mass is 352 g/mol. The zero-order chi connectivity index (χ0) is 19.1. The van der Waals surface area contributed by atoms with Crippen LogP contribution in [0, 0.1) is 13.8 Å². The molecule has 1 atom stereocenters. The van der Waals surface area contributed by atoms with E-state index < -0.39 is 6.04 Å². The van der Waals surface area contributed by atoms with E-state index in [1.54, 1.807) is 11.8 Å². The van der Waals surface area contributed by atoms with E-state index in [0.717, 1.165) is 16.7 Å². The van der Waals surface area contributed by atoms with Crippen molar-refractivity contribution in [2.75, 3.05) is 6.54 Å². The molecule has 0 fully saturated rings. The molecule has 26 heavy (non-hydrogen) atoms. The fourth-order valence-electron chi connectivity index (χ4n) is 2.89. The average molecular weight is 352 g/mol. The van der Waals surface area contributed by atoms with Gasteiger partial charge in [0.25, 0.3) is 0 Å². The third-order valence-electron chi connectivity index (χ3n) is 4.43. The number of amides is 2. The van der Waals surface area contributed by atoms with Crippen molar-refractivity contribution in [2.24, 2.45) is 0 Å². The van der Waals surface area contributed by atoms with Crippen LogP contribution in [-0.4, -0.2) is 29.3 Å². The van der Waals surface area contributed by atoms with Gasteiger partial charge < -0.3 is 10.2 Å². The first kappa shape index (κ1) is 19.7. The highest BCUT2D eigenvalue weighted by molar-refractivity contribution is 5.88. The third-order valence-corrected chi connectivity index (χ3v) is 4.43. The van der Waals surface area contributed by atoms with Crippen molar-refractivity contribution in [1.82, 2.24) is 10.2 Å². The fraction of sp³-hybridized carbons (Fsp3) is 0.364. The molecule has 138 valence electrons. The summed E-state index contributed by atoms with van der Waals surface area (Å²) < 4.78 is 0. The molecule has 0 radical (unpaired) electrons. The Hall–Kier alpha value is -2.62. The van der Waals surface area contributed by atoms with Gasteiger partial charge in [-0.1, -0.05) is 59.7 Å². The molecule has 1 unspecified atom stereocenters. The fourth-order valence-corrected chi connectivity index (χ4v) is 2.89. The van der Waals surface area contributed by atoms with E-state index in [2.05, 4.69) is 5.32 Å². The first-order valence-corrected chi connectivity index (χ1v) is 9.09. The maximum absolute atomic E-state index is 13.0. The Kier molecular flexibility index (Phi) is 6.96. The molecule has 0 aliphatic rings. The van der Waals surface area contributed by atoms with Crippen molar-refractivity contribution in [3.63, 3.8) is 0 Å². The summed E-state index contributed by atoms with van der Waals surface area (Å²) in [6.45, 7) is 8.67. The molecule has 0 bridgehead atoms. The van der Waals surface area contributed by atoms with Crippen LogP contribution in [0.25, 0.3) is 0 Å². The molecule has 0 spiro atoms. The lowest BCUT2D eigenvalue weighted by molar-refractivity contribution is -0.140. The van der Waals surface area contributed by atoms with Crippen LogP contribution in [0.2, 0.25) is 0 Å². The number of hydrogen-bond acceptors (Lipinski definition) is 2. The van der Waals surface area contributed by atoms with E-state index >= 15 is 0 Å². The van der Waals surface area contributed by atoms with Crippen molar-refractivity contribution in [2.45, 2.75) is 46.7 Å². The maximum atomic E-state index is 13.0. The van der Waals surface area contributed by atoms with Crippen LogP contribution in [0.1, 0.15) is 36.1 Å². The second-order valence-electron chi connectivity index (χ2n) is 6.74. The standard InChI is InChI=1S/C22H28N2O2/c1-5-23-22(26)18(4)24(15-19-11-9-16(2)10-12-19)21(25)14-20-8-6-7-17(3)13-20/h6-13,18H,5,14-15H2,1-4H3,(H,23,26). The molecule has 2 rings (SSSR count). The first-order valence-electron chi connectivity index (χ1n) is 9.09. The average Bonchev–Trinajstić information content (AvgIpc) is 2.60. The Morgan fingerprint density at radius 1 is 1.00 bits per heavy atom. The van der Waals surface area contributed by atoms with Crippen LogP contribution < -0.4 is 5.32 Å². The van der Waals surface area contributed by atoms with Gasteiger partial charge in [-0.15, -0.1) is 0 Å². The molecule has 0 saturated heterocycles. The van der Waals surface area contributed by atoms with Gasteiger partial charge in [0.05, 0.1) is 6.42 Å². The van der Waals surface area contributed by atoms with E-state index in [1.165, 1.54) is 5.56 Å². The second kappa shape index (κ2) is 9.18. The van der Waals surface area contributed by atoms with Crippen LogP contribution in [0.3, 0.4) is 0 Å². The number of nitrogens with zero attached hydrogens (tertiary/aromatic N) is 1. The lowest BCUT2D eigenvalue weighted by atomic mass is 10.1. The van der Waals surface area contributed by atoms with Crippen LogP contribution in [0.4, 0.5) is 0 Å². The van der Waals surface area contributed by atoms with Gasteiger partial charge in [0.2, 0.25) is 11.8 Å². The largest absolute Gasteiger partial charge is 0.355 e. The molecule has 0 saturated carbocycles. The number of likely N-dealkylation sites (N-methyl/N-ethyl adjacent to an activating group) is 1. The molecule has 4 nitrogen and oxygen atoms in total. The van der Waals surface area contributed by atoms with Crippen LogP contribution >= 0.6 is 0 Å². The minimum absolute atomic E-state index is 0.0464. The predicted octanol–water partition coefficient (Wildman–Crippen LogP) is 3.40. The van der Waals surface area contributed by atoms with Crippen molar-refractivity contribution in [1.29, 1.82) is 0 Å². The smallest absolute Gasteiger partial charge is 0.242 e. The third kappa shape index (κ3) is 5.45. The molecule has 0 aromatic heterocycles. The number of carbonyl (C=O) groups is 2. The molecule has 1 N–H and O–H groups in total. The lowest BCUT2D eigenvalue weighted by Crippen LogP contribution is -2.48. The number of carbonyl (C=O) groups excluding carboxylic acids is 2. The summed E-state index contributed by atoms with van der Waals surface area (Å²) in [7, 11) is 0. The SMILES string of the molecule is CCNC(=O)C(C)N(Cc1ccc(C)cc1)C(=O)Cc1cccc(C)c1. The van der Waals surface area contributed by atoms with Gasteiger partial charge in [-0.3, -0.25) is 9.59 Å². The summed E-state index contributed by atoms with van der Waals surface area (Å²) in [5.41, 5.74) is 4.27. The van der Waals surface area contributed by atoms with Gasteiger partial charge in [0.1, 0.15) is 6.04 Å². The zero-order valence-electron chi connectivity index (χ0n) is 16.1. The van der Waals surface area contributed by atoms with Crippen molar-refractivity contribution < 1.29 is 9.59 Å². The number of benzene rings is 2. The number of nitrogens with one attached hydrogen (secondary N) is 1. The summed E-state index contributed by atoms with van der Waals surface area (Å²) in [6.07, 6.45) is 0.289. The van der Waals surface area contributed by atoms with E-state index in [4.69, 9.17) is 0 Å². The molecule has 0 aliphatic carbocycles. The Balaban J connectivity index is 2.21. The minimum Gasteiger partial charge on any atom is -0.355 e. The Labute approximate surface area is 156 Å². The molecule has 2 aromatic carbocycles. The highest BCUT2D eigenvalue weighted by atomic mass is 16.2. The normalized spacial score (nSPS) is 11.7. The molecular weight excluding hydrogens is 324 g/mol. The van der Waals surface area contributed by atoms with Gasteiger partial charge in [-0.25, -0.2) is 0 Å². The second-order valence-corrected chi connectivity index (χ2v) is 6.74. The summed E-state index contributed by atoms with van der Waals surface area (Å²) in [6, 6.07) is 15.5. The maximum Gasteiger partial charge on any atom is 0.242 e. The summed E-state index contributed by atoms with van der Waals surface area (Å²) >= 11 is 0. The van der Waals surface area contributed by atoms with Gasteiger partial charge in [0.15, 0.2) is 0 Å². The zero-order valence-corrected chi connectivity index (χ0v) is 16.1. The number of rotatable bonds is 7. The Morgan fingerprint density at radius 2 is 1.69 bits per heavy atom. The predicted molar refractivity (Wildman–Crippen MR) is 105 cm³/mol. The first-order chi connectivity index (χ1) is 12.4. The van der Waals surface area contributed by atoms with Gasteiger partial charge in [0, 0.05) is 13.1 Å². The molecule has 0 heterocycles. The van der Waals surface area contributed by atoms with Gasteiger partial charge >= 0.3 is 0 Å². The topological polar surface area (TPSA) is 49.4 Å². The van der Waals surface area contributed by atoms with Gasteiger partial charge in [-0.2, -0.15) is 0 Å². The van der Waals surface area contributed by atoms with Crippen LogP contribution in [-0.2, 0) is 22.6 Å². The highest BCUT2D eigenvalue weighted by Gasteiger charge is 2.25. The van der Waals surface area contributed by atoms with Gasteiger partial charge in [-0.05, 0) is 38.8 Å². The van der Waals surface area contributed by atoms with Crippen molar-refractivity contribution >= 4 is 11.8 Å². The summed E-state index contributed by atoms with van der Waals surface area (Å²) in [5, 5.41) is 2.82. The number of aryl methyl sites for hydroxylation is 2. The van der Waals surface area contributed by atoms with E-state index in [9.17, 15) is 9.59 Å².